The van der Waals surface area contributed by atoms with Gasteiger partial charge in [-0.1, -0.05) is 18.5 Å². The third-order valence-corrected chi connectivity index (χ3v) is 5.19. The molecule has 0 aliphatic rings. The first kappa shape index (κ1) is 21.0. The molecule has 0 unspecified atom stereocenters. The Hall–Kier alpha value is -3.21. The number of nitrogens with zero attached hydrogens (tertiary/aromatic N) is 6. The smallest absolute Gasteiger partial charge is 0.332 e. The quantitative estimate of drug-likeness (QED) is 0.305. The monoisotopic (exact) mass is 447 g/mol. The minimum Gasteiger partial charge on any atom is -0.438 e. The minimum atomic E-state index is -0.421. The van der Waals surface area contributed by atoms with Crippen molar-refractivity contribution in [2.24, 2.45) is 0 Å². The van der Waals surface area contributed by atoms with E-state index in [1.807, 2.05) is 6.92 Å². The SMILES string of the molecule is CCCCn1c(=O)n(CCCCc2noc(-c3ocnc3C)n2)c(=O)c2[nH]c(Cl)nc21. The van der Waals surface area contributed by atoms with Gasteiger partial charge in [-0.25, -0.2) is 9.78 Å². The molecule has 11 nitrogen and oxygen atoms in total. The van der Waals surface area contributed by atoms with Gasteiger partial charge in [0.2, 0.25) is 11.0 Å². The molecule has 4 aromatic rings. The Morgan fingerprint density at radius 3 is 2.68 bits per heavy atom. The van der Waals surface area contributed by atoms with E-state index in [0.717, 1.165) is 12.8 Å². The van der Waals surface area contributed by atoms with E-state index < -0.39 is 5.56 Å². The van der Waals surface area contributed by atoms with Crippen LogP contribution in [0.25, 0.3) is 22.8 Å². The highest BCUT2D eigenvalue weighted by Crippen LogP contribution is 2.20. The average molecular weight is 448 g/mol. The van der Waals surface area contributed by atoms with Crippen LogP contribution in [0.15, 0.2) is 24.9 Å². The molecule has 0 amide bonds. The molecule has 0 atom stereocenters. The summed E-state index contributed by atoms with van der Waals surface area (Å²) in [5.74, 6) is 1.25. The lowest BCUT2D eigenvalue weighted by Crippen LogP contribution is -2.40. The fourth-order valence-corrected chi connectivity index (χ4v) is 3.54. The number of aryl methyl sites for hydroxylation is 3. The van der Waals surface area contributed by atoms with Crippen molar-refractivity contribution in [1.29, 1.82) is 0 Å². The molecule has 4 rings (SSSR count). The first-order valence-corrected chi connectivity index (χ1v) is 10.5. The fourth-order valence-electron chi connectivity index (χ4n) is 3.36. The summed E-state index contributed by atoms with van der Waals surface area (Å²) in [4.78, 5) is 40.9. The van der Waals surface area contributed by atoms with Crippen molar-refractivity contribution in [2.45, 2.75) is 59.0 Å². The number of oxazole rings is 1. The third-order valence-electron chi connectivity index (χ3n) is 5.01. The van der Waals surface area contributed by atoms with Gasteiger partial charge in [-0.05, 0) is 37.8 Å². The summed E-state index contributed by atoms with van der Waals surface area (Å²) in [6.45, 7) is 4.56. The van der Waals surface area contributed by atoms with E-state index in [0.29, 0.717) is 48.7 Å². The molecule has 0 radical (unpaired) electrons. The Morgan fingerprint density at radius 1 is 1.13 bits per heavy atom. The second kappa shape index (κ2) is 8.88. The van der Waals surface area contributed by atoms with E-state index in [1.54, 1.807) is 6.92 Å². The molecule has 0 bridgehead atoms. The largest absolute Gasteiger partial charge is 0.438 e. The summed E-state index contributed by atoms with van der Waals surface area (Å²) in [5, 5.41) is 4.04. The molecule has 4 aromatic heterocycles. The van der Waals surface area contributed by atoms with E-state index in [-0.39, 0.29) is 28.9 Å². The molecular formula is C19H22ClN7O4. The molecule has 12 heteroatoms. The average Bonchev–Trinajstić information content (AvgIpc) is 3.47. The molecule has 31 heavy (non-hydrogen) atoms. The molecule has 0 saturated heterocycles. The van der Waals surface area contributed by atoms with E-state index in [4.69, 9.17) is 20.5 Å². The molecule has 0 spiro atoms. The number of unbranched alkanes of at least 4 members (excludes halogenated alkanes) is 2. The van der Waals surface area contributed by atoms with Crippen molar-refractivity contribution in [3.63, 3.8) is 0 Å². The molecule has 0 aliphatic heterocycles. The Kier molecular flexibility index (Phi) is 6.03. The van der Waals surface area contributed by atoms with Crippen LogP contribution in [-0.4, -0.2) is 34.2 Å². The van der Waals surface area contributed by atoms with Crippen LogP contribution in [0.2, 0.25) is 5.28 Å². The van der Waals surface area contributed by atoms with Crippen molar-refractivity contribution in [3.8, 4) is 11.7 Å². The summed E-state index contributed by atoms with van der Waals surface area (Å²) >= 11 is 5.95. The van der Waals surface area contributed by atoms with Crippen LogP contribution in [0, 0.1) is 6.92 Å². The van der Waals surface area contributed by atoms with Crippen molar-refractivity contribution in [1.82, 2.24) is 34.2 Å². The summed E-state index contributed by atoms with van der Waals surface area (Å²) in [5.41, 5.74) is 0.410. The number of hydrogen-bond donors (Lipinski definition) is 1. The molecule has 0 fully saturated rings. The van der Waals surface area contributed by atoms with Crippen molar-refractivity contribution in [3.05, 3.63) is 44.0 Å². The van der Waals surface area contributed by atoms with Gasteiger partial charge in [0, 0.05) is 19.5 Å². The van der Waals surface area contributed by atoms with Gasteiger partial charge in [-0.3, -0.25) is 13.9 Å². The summed E-state index contributed by atoms with van der Waals surface area (Å²) in [6, 6.07) is 0. The zero-order valence-electron chi connectivity index (χ0n) is 17.2. The highest BCUT2D eigenvalue weighted by Gasteiger charge is 2.17. The number of nitrogens with one attached hydrogen (secondary N) is 1. The maximum absolute atomic E-state index is 12.9. The topological polar surface area (TPSA) is 138 Å². The van der Waals surface area contributed by atoms with Crippen molar-refractivity contribution in [2.75, 3.05) is 0 Å². The van der Waals surface area contributed by atoms with Crippen LogP contribution in [0.3, 0.4) is 0 Å². The first-order chi connectivity index (χ1) is 15.0. The zero-order valence-corrected chi connectivity index (χ0v) is 18.0. The van der Waals surface area contributed by atoms with Gasteiger partial charge in [0.1, 0.15) is 0 Å². The fraction of sp³-hybridized carbons (Fsp3) is 0.474. The first-order valence-electron chi connectivity index (χ1n) is 10.1. The lowest BCUT2D eigenvalue weighted by atomic mass is 10.2. The maximum Gasteiger partial charge on any atom is 0.332 e. The number of fused-ring (bicyclic) bond motifs is 1. The Bertz CT molecular complexity index is 1310. The maximum atomic E-state index is 12.9. The third kappa shape index (κ3) is 4.18. The predicted octanol–water partition coefficient (Wildman–Crippen LogP) is 2.71. The molecule has 1 N–H and O–H groups in total. The van der Waals surface area contributed by atoms with Crippen LogP contribution in [0.5, 0.6) is 0 Å². The van der Waals surface area contributed by atoms with Crippen molar-refractivity contribution < 1.29 is 8.94 Å². The lowest BCUT2D eigenvalue weighted by molar-refractivity contribution is 0.407. The summed E-state index contributed by atoms with van der Waals surface area (Å²) < 4.78 is 13.2. The Labute approximate surface area is 181 Å². The number of aromatic nitrogens is 7. The van der Waals surface area contributed by atoms with E-state index in [1.165, 1.54) is 15.5 Å². The zero-order chi connectivity index (χ0) is 22.0. The molecule has 0 aliphatic carbocycles. The number of halogens is 1. The highest BCUT2D eigenvalue weighted by atomic mass is 35.5. The number of imidazole rings is 1. The van der Waals surface area contributed by atoms with Gasteiger partial charge in [0.05, 0.1) is 5.69 Å². The van der Waals surface area contributed by atoms with Gasteiger partial charge in [-0.15, -0.1) is 0 Å². The number of aromatic amines is 1. The minimum absolute atomic E-state index is 0.0874. The van der Waals surface area contributed by atoms with Crippen LogP contribution >= 0.6 is 11.6 Å². The predicted molar refractivity (Wildman–Crippen MR) is 112 cm³/mol. The van der Waals surface area contributed by atoms with Crippen LogP contribution in [0.1, 0.15) is 44.1 Å². The van der Waals surface area contributed by atoms with E-state index in [9.17, 15) is 9.59 Å². The number of rotatable bonds is 9. The molecule has 0 saturated carbocycles. The van der Waals surface area contributed by atoms with Gasteiger partial charge in [-0.2, -0.15) is 9.97 Å². The second-order valence-corrected chi connectivity index (χ2v) is 7.57. The Balaban J connectivity index is 1.47. The standard InChI is InChI=1S/C19H22ClN7O4/c1-3-4-8-26-15-13(23-18(20)24-15)17(28)27(19(26)29)9-6-5-7-12-22-16(31-25-12)14-11(2)21-10-30-14/h10H,3-9H2,1-2H3,(H,23,24). The molecular weight excluding hydrogens is 426 g/mol. The van der Waals surface area contributed by atoms with Crippen LogP contribution in [-0.2, 0) is 19.5 Å². The van der Waals surface area contributed by atoms with Gasteiger partial charge >= 0.3 is 5.69 Å². The van der Waals surface area contributed by atoms with Crippen LogP contribution < -0.4 is 11.2 Å². The summed E-state index contributed by atoms with van der Waals surface area (Å²) in [6.07, 6.45) is 4.81. The van der Waals surface area contributed by atoms with Gasteiger partial charge in [0.15, 0.2) is 23.4 Å². The Morgan fingerprint density at radius 2 is 1.94 bits per heavy atom. The lowest BCUT2D eigenvalue weighted by Gasteiger charge is -2.10. The van der Waals surface area contributed by atoms with Gasteiger partial charge in [0.25, 0.3) is 11.4 Å². The second-order valence-electron chi connectivity index (χ2n) is 7.21. The molecule has 0 aromatic carbocycles. The normalized spacial score (nSPS) is 11.6. The number of hydrogen-bond acceptors (Lipinski definition) is 8. The number of H-pyrrole nitrogens is 1. The molecule has 4 heterocycles. The van der Waals surface area contributed by atoms with Crippen LogP contribution in [0.4, 0.5) is 0 Å². The van der Waals surface area contributed by atoms with Gasteiger partial charge < -0.3 is 13.9 Å². The molecule has 164 valence electrons. The van der Waals surface area contributed by atoms with E-state index in [2.05, 4.69) is 25.1 Å². The van der Waals surface area contributed by atoms with E-state index >= 15 is 0 Å². The highest BCUT2D eigenvalue weighted by molar-refractivity contribution is 6.28. The van der Waals surface area contributed by atoms with Crippen molar-refractivity contribution >= 4 is 22.8 Å². The summed E-state index contributed by atoms with van der Waals surface area (Å²) in [7, 11) is 0.